The molecule has 114 valence electrons. The summed E-state index contributed by atoms with van der Waals surface area (Å²) in [6, 6.07) is 10.6. The van der Waals surface area contributed by atoms with Crippen LogP contribution in [0.1, 0.15) is 39.0 Å². The fraction of sp³-hybridized carbons (Fsp3) is 0.579. The van der Waals surface area contributed by atoms with E-state index in [0.717, 1.165) is 31.5 Å². The van der Waals surface area contributed by atoms with Gasteiger partial charge in [-0.1, -0.05) is 55.8 Å². The summed E-state index contributed by atoms with van der Waals surface area (Å²) in [5, 5.41) is 0. The van der Waals surface area contributed by atoms with Crippen molar-refractivity contribution in [1.29, 1.82) is 0 Å². The summed E-state index contributed by atoms with van der Waals surface area (Å²) in [7, 11) is 0. The molecule has 1 fully saturated rings. The predicted molar refractivity (Wildman–Crippen MR) is 86.9 cm³/mol. The van der Waals surface area contributed by atoms with Crippen molar-refractivity contribution in [2.75, 3.05) is 19.7 Å². The minimum Gasteiger partial charge on any atom is -0.358 e. The Morgan fingerprint density at radius 3 is 2.67 bits per heavy atom. The number of rotatable bonds is 3. The van der Waals surface area contributed by atoms with E-state index in [1.165, 1.54) is 12.0 Å². The van der Waals surface area contributed by atoms with Crippen LogP contribution in [0, 0.1) is 17.8 Å². The van der Waals surface area contributed by atoms with E-state index in [-0.39, 0.29) is 6.23 Å². The molecule has 4 atom stereocenters. The summed E-state index contributed by atoms with van der Waals surface area (Å²) in [5.74, 6) is 2.18. The first-order valence-electron chi connectivity index (χ1n) is 8.23. The lowest BCUT2D eigenvalue weighted by Crippen LogP contribution is -2.36. The van der Waals surface area contributed by atoms with Crippen molar-refractivity contribution in [3.05, 3.63) is 47.5 Å². The van der Waals surface area contributed by atoms with Gasteiger partial charge >= 0.3 is 0 Å². The Morgan fingerprint density at radius 2 is 1.95 bits per heavy atom. The van der Waals surface area contributed by atoms with Gasteiger partial charge in [0.2, 0.25) is 0 Å². The molecular formula is C19H27NO. The number of nitrogens with zero attached hydrogens (tertiary/aromatic N) is 1. The second kappa shape index (κ2) is 6.33. The van der Waals surface area contributed by atoms with E-state index in [9.17, 15) is 0 Å². The van der Waals surface area contributed by atoms with Gasteiger partial charge in [0.25, 0.3) is 0 Å². The molecule has 2 nitrogen and oxygen atoms in total. The molecule has 0 saturated carbocycles. The molecule has 0 bridgehead atoms. The number of hydrogen-bond acceptors (Lipinski definition) is 2. The third kappa shape index (κ3) is 3.22. The summed E-state index contributed by atoms with van der Waals surface area (Å²) >= 11 is 0. The summed E-state index contributed by atoms with van der Waals surface area (Å²) in [4.78, 5) is 2.53. The Hall–Kier alpha value is -1.12. The maximum atomic E-state index is 6.00. The van der Waals surface area contributed by atoms with Crippen LogP contribution in [-0.4, -0.2) is 24.6 Å². The summed E-state index contributed by atoms with van der Waals surface area (Å²) in [5.41, 5.74) is 2.85. The molecule has 0 spiro atoms. The van der Waals surface area contributed by atoms with E-state index >= 15 is 0 Å². The fourth-order valence-corrected chi connectivity index (χ4v) is 4.05. The molecule has 0 aromatic heterocycles. The van der Waals surface area contributed by atoms with E-state index < -0.39 is 0 Å². The molecule has 1 saturated heterocycles. The van der Waals surface area contributed by atoms with Gasteiger partial charge in [0.15, 0.2) is 0 Å². The minimum absolute atomic E-state index is 0.151. The van der Waals surface area contributed by atoms with Gasteiger partial charge in [0.05, 0.1) is 6.61 Å². The average molecular weight is 285 g/mol. The number of benzene rings is 1. The van der Waals surface area contributed by atoms with Crippen molar-refractivity contribution in [2.45, 2.75) is 33.4 Å². The highest BCUT2D eigenvalue weighted by Crippen LogP contribution is 2.36. The standard InChI is InChI=1S/C19H27NO/c1-14-11-15(2)18(16(3)12-14)13-20-9-10-21-19(20)17-7-5-4-6-8-17/h4-8,11,15-16,18-19H,9-10,12-13H2,1-3H3/t15-,16+,18-,19+/m0/s1. The lowest BCUT2D eigenvalue weighted by molar-refractivity contribution is 0.0163. The van der Waals surface area contributed by atoms with Gasteiger partial charge in [0, 0.05) is 13.1 Å². The maximum Gasteiger partial charge on any atom is 0.136 e. The molecule has 1 aliphatic heterocycles. The first-order valence-corrected chi connectivity index (χ1v) is 8.23. The molecule has 1 aliphatic carbocycles. The summed E-state index contributed by atoms with van der Waals surface area (Å²) in [6.07, 6.45) is 3.87. The molecule has 0 unspecified atom stereocenters. The van der Waals surface area contributed by atoms with Gasteiger partial charge in [-0.05, 0) is 36.7 Å². The topological polar surface area (TPSA) is 12.5 Å². The number of hydrogen-bond donors (Lipinski definition) is 0. The maximum absolute atomic E-state index is 6.00. The third-order valence-electron chi connectivity index (χ3n) is 5.11. The molecule has 2 heteroatoms. The van der Waals surface area contributed by atoms with E-state index in [1.807, 2.05) is 0 Å². The molecule has 0 amide bonds. The zero-order valence-electron chi connectivity index (χ0n) is 13.5. The second-order valence-electron chi connectivity index (χ2n) is 6.85. The van der Waals surface area contributed by atoms with Crippen molar-refractivity contribution < 1.29 is 4.74 Å². The lowest BCUT2D eigenvalue weighted by Gasteiger charge is -2.37. The second-order valence-corrected chi connectivity index (χ2v) is 6.85. The van der Waals surface area contributed by atoms with Crippen LogP contribution in [0.3, 0.4) is 0 Å². The highest BCUT2D eigenvalue weighted by atomic mass is 16.5. The van der Waals surface area contributed by atoms with Crippen LogP contribution < -0.4 is 0 Å². The van der Waals surface area contributed by atoms with Gasteiger partial charge in [-0.2, -0.15) is 0 Å². The van der Waals surface area contributed by atoms with Crippen LogP contribution >= 0.6 is 0 Å². The fourth-order valence-electron chi connectivity index (χ4n) is 4.05. The quantitative estimate of drug-likeness (QED) is 0.770. The zero-order valence-corrected chi connectivity index (χ0v) is 13.5. The Balaban J connectivity index is 1.72. The van der Waals surface area contributed by atoms with E-state index in [0.29, 0.717) is 5.92 Å². The van der Waals surface area contributed by atoms with Crippen LogP contribution in [-0.2, 0) is 4.74 Å². The third-order valence-corrected chi connectivity index (χ3v) is 5.11. The van der Waals surface area contributed by atoms with Crippen molar-refractivity contribution in [1.82, 2.24) is 4.90 Å². The molecule has 1 heterocycles. The van der Waals surface area contributed by atoms with Crippen molar-refractivity contribution in [2.24, 2.45) is 17.8 Å². The molecule has 3 rings (SSSR count). The summed E-state index contributed by atoms with van der Waals surface area (Å²) < 4.78 is 6.00. The van der Waals surface area contributed by atoms with Crippen molar-refractivity contribution >= 4 is 0 Å². The van der Waals surface area contributed by atoms with Gasteiger partial charge in [-0.25, -0.2) is 0 Å². The molecule has 0 N–H and O–H groups in total. The number of ether oxygens (including phenoxy) is 1. The van der Waals surface area contributed by atoms with Gasteiger partial charge in [-0.3, -0.25) is 4.90 Å². The van der Waals surface area contributed by atoms with E-state index in [4.69, 9.17) is 4.74 Å². The highest BCUT2D eigenvalue weighted by Gasteiger charge is 2.33. The molecule has 2 aliphatic rings. The minimum atomic E-state index is 0.151. The largest absolute Gasteiger partial charge is 0.358 e. The monoisotopic (exact) mass is 285 g/mol. The molecule has 1 aromatic rings. The highest BCUT2D eigenvalue weighted by molar-refractivity contribution is 5.18. The molecule has 1 aromatic carbocycles. The first-order chi connectivity index (χ1) is 10.1. The smallest absolute Gasteiger partial charge is 0.136 e. The Labute approximate surface area is 128 Å². The van der Waals surface area contributed by atoms with E-state index in [2.05, 4.69) is 62.1 Å². The molecular weight excluding hydrogens is 258 g/mol. The van der Waals surface area contributed by atoms with Crippen molar-refractivity contribution in [3.63, 3.8) is 0 Å². The van der Waals surface area contributed by atoms with Crippen LogP contribution in [0.15, 0.2) is 42.0 Å². The Kier molecular flexibility index (Phi) is 4.46. The Morgan fingerprint density at radius 1 is 1.19 bits per heavy atom. The molecule has 0 radical (unpaired) electrons. The van der Waals surface area contributed by atoms with Crippen LogP contribution in [0.5, 0.6) is 0 Å². The number of allylic oxidation sites excluding steroid dienone is 2. The van der Waals surface area contributed by atoms with Crippen LogP contribution in [0.25, 0.3) is 0 Å². The van der Waals surface area contributed by atoms with Gasteiger partial charge < -0.3 is 4.74 Å². The SMILES string of the molecule is CC1=C[C@H](C)[C@H](CN2CCO[C@@H]2c2ccccc2)[C@H](C)C1. The zero-order chi connectivity index (χ0) is 14.8. The predicted octanol–water partition coefficient (Wildman–Crippen LogP) is 4.26. The van der Waals surface area contributed by atoms with E-state index in [1.54, 1.807) is 5.57 Å². The van der Waals surface area contributed by atoms with Crippen LogP contribution in [0.2, 0.25) is 0 Å². The summed E-state index contributed by atoms with van der Waals surface area (Å²) in [6.45, 7) is 10.1. The Bertz CT molecular complexity index is 496. The van der Waals surface area contributed by atoms with Gasteiger partial charge in [0.1, 0.15) is 6.23 Å². The normalized spacial score (nSPS) is 34.0. The average Bonchev–Trinajstić information content (AvgIpc) is 2.92. The van der Waals surface area contributed by atoms with Crippen molar-refractivity contribution in [3.8, 4) is 0 Å². The molecule has 21 heavy (non-hydrogen) atoms. The first kappa shape index (κ1) is 14.8. The lowest BCUT2D eigenvalue weighted by atomic mass is 9.74. The van der Waals surface area contributed by atoms with Gasteiger partial charge in [-0.15, -0.1) is 0 Å². The van der Waals surface area contributed by atoms with Crippen LogP contribution in [0.4, 0.5) is 0 Å².